The third kappa shape index (κ3) is 4.74. The molecule has 0 aliphatic carbocycles. The van der Waals surface area contributed by atoms with E-state index in [4.69, 9.17) is 20.4 Å². The molecule has 9 heteroatoms. The van der Waals surface area contributed by atoms with Crippen molar-refractivity contribution in [1.82, 2.24) is 5.32 Å². The van der Waals surface area contributed by atoms with E-state index in [0.717, 1.165) is 11.8 Å². The Balaban J connectivity index is 2.61. The summed E-state index contributed by atoms with van der Waals surface area (Å²) in [4.78, 5) is 25.8. The van der Waals surface area contributed by atoms with Crippen LogP contribution in [0.5, 0.6) is 0 Å². The summed E-state index contributed by atoms with van der Waals surface area (Å²) in [6.45, 7) is 4.62. The molecule has 0 radical (unpaired) electrons. The molecular formula is C11H17N3O5S. The Morgan fingerprint density at radius 1 is 1.50 bits per heavy atom. The second-order valence-electron chi connectivity index (χ2n) is 4.91. The Bertz CT molecular complexity index is 447. The Morgan fingerprint density at radius 2 is 2.15 bits per heavy atom. The third-order valence-corrected chi connectivity index (χ3v) is 2.89. The van der Waals surface area contributed by atoms with Crippen molar-refractivity contribution >= 4 is 29.4 Å². The molecule has 1 aliphatic rings. The first-order valence-electron chi connectivity index (χ1n) is 5.69. The second-order valence-corrected chi connectivity index (χ2v) is 6.06. The number of hydrogen-bond donors (Lipinski definition) is 3. The van der Waals surface area contributed by atoms with Gasteiger partial charge in [0.15, 0.2) is 4.99 Å². The molecule has 0 spiro atoms. The number of aliphatic carboxylic acids is 1. The Labute approximate surface area is 120 Å². The van der Waals surface area contributed by atoms with E-state index < -0.39 is 34.9 Å². The van der Waals surface area contributed by atoms with Crippen molar-refractivity contribution in [2.45, 2.75) is 31.4 Å². The Hall–Kier alpha value is -1.74. The topological polar surface area (TPSA) is 123 Å². The lowest BCUT2D eigenvalue weighted by atomic mass is 10.2. The number of carboxylic acids is 1. The maximum Gasteiger partial charge on any atom is 0.358 e. The summed E-state index contributed by atoms with van der Waals surface area (Å²) in [7, 11) is 0. The number of thioether (sulfide) groups is 1. The largest absolute Gasteiger partial charge is 0.477 e. The molecule has 4 N–H and O–H groups in total. The first kappa shape index (κ1) is 16.3. The highest BCUT2D eigenvalue weighted by molar-refractivity contribution is 8.04. The van der Waals surface area contributed by atoms with E-state index >= 15 is 0 Å². The molecule has 0 aromatic rings. The molecule has 1 aliphatic heterocycles. The van der Waals surface area contributed by atoms with Crippen molar-refractivity contribution in [3.8, 4) is 0 Å². The number of oxime groups is 1. The summed E-state index contributed by atoms with van der Waals surface area (Å²) in [5.74, 6) is -2.00. The van der Waals surface area contributed by atoms with Gasteiger partial charge < -0.3 is 20.0 Å². The van der Waals surface area contributed by atoms with Gasteiger partial charge in [-0.15, -0.1) is 0 Å². The maximum atomic E-state index is 11.4. The number of nitrogens with two attached hydrogens (primary N) is 1. The third-order valence-electron chi connectivity index (χ3n) is 1.93. The highest BCUT2D eigenvalue weighted by Crippen LogP contribution is 2.25. The summed E-state index contributed by atoms with van der Waals surface area (Å²) in [6, 6.07) is 0. The number of carbonyl (C=O) groups is 2. The predicted octanol–water partition coefficient (Wildman–Crippen LogP) is 0.205. The highest BCUT2D eigenvalue weighted by Gasteiger charge is 2.39. The molecule has 8 nitrogen and oxygen atoms in total. The molecule has 0 aromatic carbocycles. The molecule has 1 heterocycles. The first-order chi connectivity index (χ1) is 9.14. The predicted molar refractivity (Wildman–Crippen MR) is 73.7 cm³/mol. The fraction of sp³-hybridized carbons (Fsp3) is 0.545. The number of ether oxygens (including phenoxy) is 1. The van der Waals surface area contributed by atoms with E-state index in [-0.39, 0.29) is 0 Å². The molecule has 20 heavy (non-hydrogen) atoms. The van der Waals surface area contributed by atoms with Crippen molar-refractivity contribution in [2.75, 3.05) is 6.61 Å². The fourth-order valence-electron chi connectivity index (χ4n) is 1.24. The molecule has 0 saturated carbocycles. The summed E-state index contributed by atoms with van der Waals surface area (Å²) >= 11 is 1.03. The maximum absolute atomic E-state index is 11.4. The van der Waals surface area contributed by atoms with Gasteiger partial charge in [0.2, 0.25) is 12.3 Å². The molecule has 1 rings (SSSR count). The van der Waals surface area contributed by atoms with Crippen LogP contribution < -0.4 is 11.1 Å². The van der Waals surface area contributed by atoms with E-state index in [1.54, 1.807) is 26.2 Å². The minimum absolute atomic E-state index is 0.448. The summed E-state index contributed by atoms with van der Waals surface area (Å²) in [6.07, 6.45) is 1.50. The molecule has 0 aromatic heterocycles. The SMILES string of the molecule is CC(C)(C)OC(=O)CO/N=C(/C(=O)O)C1(N)NC=CS1. The Kier molecular flexibility index (Phi) is 5.01. The van der Waals surface area contributed by atoms with Crippen LogP contribution in [0.3, 0.4) is 0 Å². The van der Waals surface area contributed by atoms with Crippen molar-refractivity contribution < 1.29 is 24.3 Å². The molecule has 1 unspecified atom stereocenters. The van der Waals surface area contributed by atoms with Crippen molar-refractivity contribution in [3.63, 3.8) is 0 Å². The minimum Gasteiger partial charge on any atom is -0.477 e. The van der Waals surface area contributed by atoms with Gasteiger partial charge in [-0.3, -0.25) is 5.73 Å². The van der Waals surface area contributed by atoms with Gasteiger partial charge in [0.25, 0.3) is 0 Å². The summed E-state index contributed by atoms with van der Waals surface area (Å²) in [5, 5.41) is 16.7. The Morgan fingerprint density at radius 3 is 2.60 bits per heavy atom. The summed E-state index contributed by atoms with van der Waals surface area (Å²) < 4.78 is 4.99. The summed E-state index contributed by atoms with van der Waals surface area (Å²) in [5.41, 5.74) is 4.71. The zero-order valence-electron chi connectivity index (χ0n) is 11.4. The fourth-order valence-corrected chi connectivity index (χ4v) is 1.97. The molecule has 1 atom stereocenters. The average molecular weight is 303 g/mol. The molecule has 112 valence electrons. The van der Waals surface area contributed by atoms with Crippen molar-refractivity contribution in [3.05, 3.63) is 11.6 Å². The van der Waals surface area contributed by atoms with Gasteiger partial charge in [-0.1, -0.05) is 16.9 Å². The lowest BCUT2D eigenvalue weighted by Crippen LogP contribution is -2.55. The molecule has 0 amide bonds. The van der Waals surface area contributed by atoms with Gasteiger partial charge in [0.05, 0.1) is 0 Å². The standard InChI is InChI=1S/C11H17N3O5S/c1-10(2,3)19-7(15)6-18-14-8(9(16)17)11(12)13-4-5-20-11/h4-5,13H,6,12H2,1-3H3,(H,16,17)/b14-8-. The van der Waals surface area contributed by atoms with Crippen LogP contribution in [0.4, 0.5) is 0 Å². The zero-order chi connectivity index (χ0) is 15.4. The molecule has 0 bridgehead atoms. The van der Waals surface area contributed by atoms with Crippen LogP contribution in [0.15, 0.2) is 16.8 Å². The van der Waals surface area contributed by atoms with Crippen LogP contribution in [-0.2, 0) is 19.2 Å². The highest BCUT2D eigenvalue weighted by atomic mass is 32.2. The van der Waals surface area contributed by atoms with Crippen LogP contribution in [0.1, 0.15) is 20.8 Å². The van der Waals surface area contributed by atoms with Gasteiger partial charge in [0, 0.05) is 6.20 Å². The quantitative estimate of drug-likeness (QED) is 0.374. The number of carboxylic acid groups (broad SMARTS) is 1. The van der Waals surface area contributed by atoms with E-state index in [1.807, 2.05) is 0 Å². The van der Waals surface area contributed by atoms with Crippen LogP contribution in [0.25, 0.3) is 0 Å². The van der Waals surface area contributed by atoms with Gasteiger partial charge in [-0.05, 0) is 26.2 Å². The van der Waals surface area contributed by atoms with Gasteiger partial charge >= 0.3 is 11.9 Å². The van der Waals surface area contributed by atoms with E-state index in [2.05, 4.69) is 10.5 Å². The number of carbonyl (C=O) groups excluding carboxylic acids is 1. The number of nitrogens with one attached hydrogen (secondary N) is 1. The lowest BCUT2D eigenvalue weighted by Gasteiger charge is -2.22. The van der Waals surface area contributed by atoms with Crippen LogP contribution >= 0.6 is 11.8 Å². The van der Waals surface area contributed by atoms with Crippen LogP contribution in [0, 0.1) is 0 Å². The normalized spacial score (nSPS) is 22.3. The van der Waals surface area contributed by atoms with E-state index in [0.29, 0.717) is 0 Å². The van der Waals surface area contributed by atoms with Crippen molar-refractivity contribution in [1.29, 1.82) is 0 Å². The number of esters is 1. The van der Waals surface area contributed by atoms with E-state index in [1.165, 1.54) is 6.20 Å². The smallest absolute Gasteiger partial charge is 0.358 e. The minimum atomic E-state index is -1.42. The number of hydrogen-bond acceptors (Lipinski definition) is 8. The molecule has 0 saturated heterocycles. The van der Waals surface area contributed by atoms with Gasteiger partial charge in [-0.2, -0.15) is 0 Å². The lowest BCUT2D eigenvalue weighted by molar-refractivity contribution is -0.160. The monoisotopic (exact) mass is 303 g/mol. The molecular weight excluding hydrogens is 286 g/mol. The number of rotatable bonds is 5. The van der Waals surface area contributed by atoms with Gasteiger partial charge in [0.1, 0.15) is 5.60 Å². The van der Waals surface area contributed by atoms with Crippen molar-refractivity contribution in [2.24, 2.45) is 10.9 Å². The van der Waals surface area contributed by atoms with Crippen LogP contribution in [-0.4, -0.2) is 40.0 Å². The number of nitrogens with zero attached hydrogens (tertiary/aromatic N) is 1. The molecule has 0 fully saturated rings. The average Bonchev–Trinajstić information content (AvgIpc) is 2.69. The van der Waals surface area contributed by atoms with Crippen LogP contribution in [0.2, 0.25) is 0 Å². The second kappa shape index (κ2) is 6.14. The van der Waals surface area contributed by atoms with Gasteiger partial charge in [-0.25, -0.2) is 9.59 Å². The van der Waals surface area contributed by atoms with E-state index in [9.17, 15) is 9.59 Å². The first-order valence-corrected chi connectivity index (χ1v) is 6.57. The zero-order valence-corrected chi connectivity index (χ0v) is 12.2.